The summed E-state index contributed by atoms with van der Waals surface area (Å²) in [5.41, 5.74) is 0. The summed E-state index contributed by atoms with van der Waals surface area (Å²) in [6.07, 6.45) is 10.2. The van der Waals surface area contributed by atoms with Crippen molar-refractivity contribution < 1.29 is 0 Å². The van der Waals surface area contributed by atoms with Gasteiger partial charge in [0.25, 0.3) is 0 Å². The first-order chi connectivity index (χ1) is 8.60. The van der Waals surface area contributed by atoms with Gasteiger partial charge in [-0.3, -0.25) is 0 Å². The molecule has 0 amide bonds. The topological polar surface area (TPSA) is 12.0 Å². The van der Waals surface area contributed by atoms with Gasteiger partial charge in [0.05, 0.1) is 0 Å². The molecular formula is C17H33N. The molecule has 2 rings (SSSR count). The Morgan fingerprint density at radius 3 is 1.94 bits per heavy atom. The van der Waals surface area contributed by atoms with Crippen molar-refractivity contribution in [2.24, 2.45) is 29.6 Å². The second-order valence-electron chi connectivity index (χ2n) is 7.52. The van der Waals surface area contributed by atoms with E-state index in [0.717, 1.165) is 35.6 Å². The van der Waals surface area contributed by atoms with Crippen LogP contribution >= 0.6 is 0 Å². The van der Waals surface area contributed by atoms with Crippen LogP contribution in [0.3, 0.4) is 0 Å². The standard InChI is InChI=1S/C17H33N/c1-12-6-5-7-15(9-12)17(18-4)16-10-13(2)8-14(3)11-16/h12-18H,5-11H2,1-4H3. The summed E-state index contributed by atoms with van der Waals surface area (Å²) in [6.45, 7) is 7.36. The lowest BCUT2D eigenvalue weighted by molar-refractivity contribution is 0.119. The van der Waals surface area contributed by atoms with Gasteiger partial charge in [-0.15, -0.1) is 0 Å². The average Bonchev–Trinajstić information content (AvgIpc) is 2.28. The molecular weight excluding hydrogens is 218 g/mol. The highest BCUT2D eigenvalue weighted by molar-refractivity contribution is 4.89. The monoisotopic (exact) mass is 251 g/mol. The van der Waals surface area contributed by atoms with E-state index >= 15 is 0 Å². The minimum absolute atomic E-state index is 0.790. The molecule has 1 N–H and O–H groups in total. The summed E-state index contributed by atoms with van der Waals surface area (Å²) >= 11 is 0. The van der Waals surface area contributed by atoms with Gasteiger partial charge in [0.2, 0.25) is 0 Å². The van der Waals surface area contributed by atoms with Gasteiger partial charge < -0.3 is 5.32 Å². The molecule has 1 nitrogen and oxygen atoms in total. The molecule has 5 unspecified atom stereocenters. The van der Waals surface area contributed by atoms with Crippen molar-refractivity contribution >= 4 is 0 Å². The minimum atomic E-state index is 0.790. The van der Waals surface area contributed by atoms with Gasteiger partial charge in [0.1, 0.15) is 0 Å². The Hall–Kier alpha value is -0.0400. The van der Waals surface area contributed by atoms with E-state index in [1.165, 1.54) is 44.9 Å². The van der Waals surface area contributed by atoms with E-state index in [9.17, 15) is 0 Å². The van der Waals surface area contributed by atoms with Crippen molar-refractivity contribution in [3.05, 3.63) is 0 Å². The zero-order chi connectivity index (χ0) is 13.1. The van der Waals surface area contributed by atoms with Crippen LogP contribution in [0.4, 0.5) is 0 Å². The molecule has 0 radical (unpaired) electrons. The Morgan fingerprint density at radius 1 is 0.778 bits per heavy atom. The van der Waals surface area contributed by atoms with E-state index in [1.54, 1.807) is 0 Å². The third-order valence-electron chi connectivity index (χ3n) is 5.54. The Kier molecular flexibility index (Phi) is 5.12. The van der Waals surface area contributed by atoms with E-state index < -0.39 is 0 Å². The number of nitrogens with one attached hydrogen (secondary N) is 1. The van der Waals surface area contributed by atoms with Gasteiger partial charge in [0.15, 0.2) is 0 Å². The number of hydrogen-bond donors (Lipinski definition) is 1. The fourth-order valence-electron chi connectivity index (χ4n) is 4.97. The first-order valence-corrected chi connectivity index (χ1v) is 8.27. The lowest BCUT2D eigenvalue weighted by atomic mass is 9.67. The van der Waals surface area contributed by atoms with Crippen LogP contribution in [0.15, 0.2) is 0 Å². The van der Waals surface area contributed by atoms with Crippen LogP contribution < -0.4 is 5.32 Å². The number of rotatable bonds is 3. The zero-order valence-electron chi connectivity index (χ0n) is 12.9. The lowest BCUT2D eigenvalue weighted by Crippen LogP contribution is -2.44. The molecule has 2 aliphatic rings. The Morgan fingerprint density at radius 2 is 1.39 bits per heavy atom. The summed E-state index contributed by atoms with van der Waals surface area (Å²) in [5.74, 6) is 4.72. The minimum Gasteiger partial charge on any atom is -0.316 e. The highest BCUT2D eigenvalue weighted by Crippen LogP contribution is 2.40. The summed E-state index contributed by atoms with van der Waals surface area (Å²) in [5, 5.41) is 3.70. The molecule has 0 aromatic heterocycles. The molecule has 0 saturated heterocycles. The highest BCUT2D eigenvalue weighted by Gasteiger charge is 2.35. The van der Waals surface area contributed by atoms with Crippen molar-refractivity contribution in [2.75, 3.05) is 7.05 Å². The quantitative estimate of drug-likeness (QED) is 0.780. The summed E-state index contributed by atoms with van der Waals surface area (Å²) in [6, 6.07) is 0.790. The highest BCUT2D eigenvalue weighted by atomic mass is 14.9. The SMILES string of the molecule is CNC(C1CCCC(C)C1)C1CC(C)CC(C)C1. The van der Waals surface area contributed by atoms with Crippen LogP contribution in [0.25, 0.3) is 0 Å². The second kappa shape index (κ2) is 6.41. The van der Waals surface area contributed by atoms with E-state index in [4.69, 9.17) is 0 Å². The molecule has 0 heterocycles. The van der Waals surface area contributed by atoms with Crippen molar-refractivity contribution in [1.29, 1.82) is 0 Å². The fraction of sp³-hybridized carbons (Fsp3) is 1.00. The van der Waals surface area contributed by atoms with Gasteiger partial charge in [-0.1, -0.05) is 33.6 Å². The summed E-state index contributed by atoms with van der Waals surface area (Å²) < 4.78 is 0. The van der Waals surface area contributed by atoms with Gasteiger partial charge in [-0.25, -0.2) is 0 Å². The predicted molar refractivity (Wildman–Crippen MR) is 79.6 cm³/mol. The van der Waals surface area contributed by atoms with Crippen LogP contribution in [0.1, 0.15) is 65.7 Å². The molecule has 0 spiro atoms. The number of hydrogen-bond acceptors (Lipinski definition) is 1. The maximum atomic E-state index is 3.70. The van der Waals surface area contributed by atoms with Crippen molar-refractivity contribution in [3.63, 3.8) is 0 Å². The van der Waals surface area contributed by atoms with Crippen molar-refractivity contribution in [2.45, 2.75) is 71.8 Å². The van der Waals surface area contributed by atoms with Gasteiger partial charge in [-0.05, 0) is 68.7 Å². The van der Waals surface area contributed by atoms with Crippen LogP contribution in [-0.4, -0.2) is 13.1 Å². The van der Waals surface area contributed by atoms with E-state index in [2.05, 4.69) is 33.1 Å². The molecule has 2 aliphatic carbocycles. The maximum Gasteiger partial charge on any atom is 0.0121 e. The molecule has 0 aromatic rings. The Balaban J connectivity index is 1.98. The van der Waals surface area contributed by atoms with Crippen molar-refractivity contribution in [1.82, 2.24) is 5.32 Å². The maximum absolute atomic E-state index is 3.70. The van der Waals surface area contributed by atoms with Gasteiger partial charge >= 0.3 is 0 Å². The smallest absolute Gasteiger partial charge is 0.0121 e. The van der Waals surface area contributed by atoms with Gasteiger partial charge in [0, 0.05) is 6.04 Å². The molecule has 18 heavy (non-hydrogen) atoms. The molecule has 0 aliphatic heterocycles. The third-order valence-corrected chi connectivity index (χ3v) is 5.54. The molecule has 0 aromatic carbocycles. The largest absolute Gasteiger partial charge is 0.316 e. The molecule has 2 saturated carbocycles. The Bertz CT molecular complexity index is 240. The molecule has 2 fully saturated rings. The third kappa shape index (κ3) is 3.50. The van der Waals surface area contributed by atoms with Crippen LogP contribution in [0, 0.1) is 29.6 Å². The zero-order valence-corrected chi connectivity index (χ0v) is 12.9. The first-order valence-electron chi connectivity index (χ1n) is 8.27. The van der Waals surface area contributed by atoms with E-state index in [0.29, 0.717) is 0 Å². The normalized spacial score (nSPS) is 43.7. The first kappa shape index (κ1) is 14.4. The lowest BCUT2D eigenvalue weighted by Gasteiger charge is -2.42. The molecule has 0 bridgehead atoms. The summed E-state index contributed by atoms with van der Waals surface area (Å²) in [4.78, 5) is 0. The van der Waals surface area contributed by atoms with E-state index in [1.807, 2.05) is 0 Å². The molecule has 106 valence electrons. The van der Waals surface area contributed by atoms with Crippen molar-refractivity contribution in [3.8, 4) is 0 Å². The summed E-state index contributed by atoms with van der Waals surface area (Å²) in [7, 11) is 2.20. The van der Waals surface area contributed by atoms with Crippen LogP contribution in [0.2, 0.25) is 0 Å². The van der Waals surface area contributed by atoms with Crippen LogP contribution in [-0.2, 0) is 0 Å². The predicted octanol–water partition coefficient (Wildman–Crippen LogP) is 4.47. The Labute approximate surface area is 114 Å². The average molecular weight is 251 g/mol. The fourth-order valence-corrected chi connectivity index (χ4v) is 4.97. The van der Waals surface area contributed by atoms with E-state index in [-0.39, 0.29) is 0 Å². The molecule has 1 heteroatoms. The molecule has 5 atom stereocenters. The van der Waals surface area contributed by atoms with Crippen LogP contribution in [0.5, 0.6) is 0 Å². The van der Waals surface area contributed by atoms with Gasteiger partial charge in [-0.2, -0.15) is 0 Å². The second-order valence-corrected chi connectivity index (χ2v) is 7.52.